The Balaban J connectivity index is 2.18. The Morgan fingerprint density at radius 1 is 0.846 bits per heavy atom. The molecule has 138 valence electrons. The second kappa shape index (κ2) is 8.63. The van der Waals surface area contributed by atoms with Crippen LogP contribution < -0.4 is 4.90 Å². The fraction of sp³-hybridized carbons (Fsp3) is 0.333. The molecule has 0 aliphatic heterocycles. The van der Waals surface area contributed by atoms with Gasteiger partial charge in [-0.1, -0.05) is 24.3 Å². The van der Waals surface area contributed by atoms with Crippen molar-refractivity contribution >= 4 is 17.5 Å². The number of rotatable bonds is 6. The highest BCUT2D eigenvalue weighted by Gasteiger charge is 2.13. The van der Waals surface area contributed by atoms with Crippen molar-refractivity contribution in [2.45, 2.75) is 6.92 Å². The van der Waals surface area contributed by atoms with Crippen LogP contribution in [0.4, 0.5) is 5.69 Å². The van der Waals surface area contributed by atoms with Gasteiger partial charge in [0.15, 0.2) is 0 Å². The third kappa shape index (κ3) is 4.92. The Hall–Kier alpha value is -2.66. The molecule has 5 heteroatoms. The molecule has 2 aromatic carbocycles. The van der Waals surface area contributed by atoms with E-state index in [0.717, 1.165) is 23.4 Å². The summed E-state index contributed by atoms with van der Waals surface area (Å²) in [4.78, 5) is 29.5. The van der Waals surface area contributed by atoms with E-state index in [1.165, 1.54) is 6.92 Å². The molecule has 0 unspecified atom stereocenters. The predicted octanol–water partition coefficient (Wildman–Crippen LogP) is 2.97. The highest BCUT2D eigenvalue weighted by atomic mass is 16.2. The lowest BCUT2D eigenvalue weighted by Crippen LogP contribution is -2.33. The Labute approximate surface area is 155 Å². The van der Waals surface area contributed by atoms with E-state index in [9.17, 15) is 9.59 Å². The lowest BCUT2D eigenvalue weighted by molar-refractivity contribution is -0.116. The largest absolute Gasteiger partial charge is 0.340 e. The number of carbonyl (C=O) groups is 2. The van der Waals surface area contributed by atoms with E-state index in [1.807, 2.05) is 69.7 Å². The lowest BCUT2D eigenvalue weighted by atomic mass is 10.0. The first-order valence-electron chi connectivity index (χ1n) is 8.64. The summed E-state index contributed by atoms with van der Waals surface area (Å²) < 4.78 is 0. The van der Waals surface area contributed by atoms with Crippen LogP contribution in [0.1, 0.15) is 17.3 Å². The van der Waals surface area contributed by atoms with Gasteiger partial charge in [-0.25, -0.2) is 0 Å². The Kier molecular flexibility index (Phi) is 6.52. The van der Waals surface area contributed by atoms with E-state index < -0.39 is 0 Å². The van der Waals surface area contributed by atoms with Gasteiger partial charge in [-0.15, -0.1) is 0 Å². The van der Waals surface area contributed by atoms with Crippen LogP contribution >= 0.6 is 0 Å². The van der Waals surface area contributed by atoms with Crippen LogP contribution in [0.25, 0.3) is 11.1 Å². The van der Waals surface area contributed by atoms with Crippen molar-refractivity contribution in [1.82, 2.24) is 9.80 Å². The molecule has 0 aliphatic rings. The standard InChI is InChI=1S/C21H27N3O2/c1-16(25)24(5)20-11-9-17(10-12-20)18-7-6-8-19(15-18)21(26)23(4)14-13-22(2)3/h6-12,15H,13-14H2,1-5H3. The van der Waals surface area contributed by atoms with E-state index in [4.69, 9.17) is 0 Å². The fourth-order valence-corrected chi connectivity index (χ4v) is 2.56. The number of hydrogen-bond acceptors (Lipinski definition) is 3. The molecule has 0 saturated heterocycles. The van der Waals surface area contributed by atoms with E-state index in [-0.39, 0.29) is 11.8 Å². The number of nitrogens with zero attached hydrogens (tertiary/aromatic N) is 3. The van der Waals surface area contributed by atoms with Crippen LogP contribution in [0.2, 0.25) is 0 Å². The van der Waals surface area contributed by atoms with Crippen molar-refractivity contribution < 1.29 is 9.59 Å². The van der Waals surface area contributed by atoms with Crippen molar-refractivity contribution in [2.24, 2.45) is 0 Å². The number of hydrogen-bond donors (Lipinski definition) is 0. The smallest absolute Gasteiger partial charge is 0.253 e. The summed E-state index contributed by atoms with van der Waals surface area (Å²) in [5.41, 5.74) is 3.51. The average Bonchev–Trinajstić information content (AvgIpc) is 2.65. The van der Waals surface area contributed by atoms with Gasteiger partial charge < -0.3 is 14.7 Å². The lowest BCUT2D eigenvalue weighted by Gasteiger charge is -2.20. The summed E-state index contributed by atoms with van der Waals surface area (Å²) in [7, 11) is 7.56. The second-order valence-electron chi connectivity index (χ2n) is 6.74. The van der Waals surface area contributed by atoms with Crippen molar-refractivity contribution in [3.8, 4) is 11.1 Å². The molecule has 0 N–H and O–H groups in total. The number of carbonyl (C=O) groups excluding carboxylic acids is 2. The van der Waals surface area contributed by atoms with Crippen LogP contribution in [-0.4, -0.2) is 62.9 Å². The quantitative estimate of drug-likeness (QED) is 0.802. The first-order chi connectivity index (χ1) is 12.3. The molecule has 5 nitrogen and oxygen atoms in total. The zero-order chi connectivity index (χ0) is 19.3. The Morgan fingerprint density at radius 3 is 2.08 bits per heavy atom. The third-order valence-corrected chi connectivity index (χ3v) is 4.40. The molecular weight excluding hydrogens is 326 g/mol. The molecule has 0 aromatic heterocycles. The number of anilines is 1. The molecule has 0 fully saturated rings. The normalized spacial score (nSPS) is 10.7. The SMILES string of the molecule is CC(=O)N(C)c1ccc(-c2cccc(C(=O)N(C)CCN(C)C)c2)cc1. The Morgan fingerprint density at radius 2 is 1.50 bits per heavy atom. The van der Waals surface area contributed by atoms with Gasteiger partial charge in [-0.3, -0.25) is 9.59 Å². The molecule has 0 radical (unpaired) electrons. The van der Waals surface area contributed by atoms with Crippen LogP contribution in [-0.2, 0) is 4.79 Å². The summed E-state index contributed by atoms with van der Waals surface area (Å²) in [6, 6.07) is 15.4. The van der Waals surface area contributed by atoms with E-state index in [0.29, 0.717) is 12.1 Å². The molecule has 26 heavy (non-hydrogen) atoms. The molecule has 2 aromatic rings. The topological polar surface area (TPSA) is 43.9 Å². The maximum Gasteiger partial charge on any atom is 0.253 e. The van der Waals surface area contributed by atoms with Gasteiger partial charge in [0.2, 0.25) is 5.91 Å². The first kappa shape index (κ1) is 19.7. The predicted molar refractivity (Wildman–Crippen MR) is 106 cm³/mol. The number of likely N-dealkylation sites (N-methyl/N-ethyl adjacent to an activating group) is 2. The van der Waals surface area contributed by atoms with Crippen LogP contribution in [0.5, 0.6) is 0 Å². The zero-order valence-corrected chi connectivity index (χ0v) is 16.2. The maximum absolute atomic E-state index is 12.6. The van der Waals surface area contributed by atoms with Gasteiger partial charge in [0.25, 0.3) is 5.91 Å². The number of amides is 2. The van der Waals surface area contributed by atoms with Gasteiger partial charge in [-0.05, 0) is 49.5 Å². The van der Waals surface area contributed by atoms with Crippen LogP contribution in [0.15, 0.2) is 48.5 Å². The molecule has 0 saturated carbocycles. The molecule has 0 heterocycles. The van der Waals surface area contributed by atoms with Crippen molar-refractivity contribution in [1.29, 1.82) is 0 Å². The second-order valence-corrected chi connectivity index (χ2v) is 6.74. The molecular formula is C21H27N3O2. The minimum atomic E-state index is -0.00824. The Bertz CT molecular complexity index is 769. The fourth-order valence-electron chi connectivity index (χ4n) is 2.56. The summed E-state index contributed by atoms with van der Waals surface area (Å²) >= 11 is 0. The molecule has 2 rings (SSSR count). The number of benzene rings is 2. The van der Waals surface area contributed by atoms with Crippen LogP contribution in [0.3, 0.4) is 0 Å². The summed E-state index contributed by atoms with van der Waals surface area (Å²) in [5, 5.41) is 0. The highest BCUT2D eigenvalue weighted by Crippen LogP contribution is 2.24. The average molecular weight is 353 g/mol. The van der Waals surface area contributed by atoms with Gasteiger partial charge in [0.05, 0.1) is 0 Å². The molecule has 0 aliphatic carbocycles. The van der Waals surface area contributed by atoms with E-state index in [2.05, 4.69) is 4.90 Å². The zero-order valence-electron chi connectivity index (χ0n) is 16.2. The first-order valence-corrected chi connectivity index (χ1v) is 8.64. The van der Waals surface area contributed by atoms with Crippen LogP contribution in [0, 0.1) is 0 Å². The van der Waals surface area contributed by atoms with Crippen molar-refractivity contribution in [3.63, 3.8) is 0 Å². The molecule has 0 bridgehead atoms. The van der Waals surface area contributed by atoms with Crippen molar-refractivity contribution in [2.75, 3.05) is 46.2 Å². The highest BCUT2D eigenvalue weighted by molar-refractivity contribution is 5.95. The molecule has 0 atom stereocenters. The van der Waals surface area contributed by atoms with Gasteiger partial charge >= 0.3 is 0 Å². The van der Waals surface area contributed by atoms with E-state index in [1.54, 1.807) is 16.8 Å². The monoisotopic (exact) mass is 353 g/mol. The van der Waals surface area contributed by atoms with Gasteiger partial charge in [0, 0.05) is 45.4 Å². The molecule has 2 amide bonds. The summed E-state index contributed by atoms with van der Waals surface area (Å²) in [5.74, 6) is 0.00717. The minimum Gasteiger partial charge on any atom is -0.340 e. The maximum atomic E-state index is 12.6. The van der Waals surface area contributed by atoms with E-state index >= 15 is 0 Å². The van der Waals surface area contributed by atoms with Gasteiger partial charge in [-0.2, -0.15) is 0 Å². The summed E-state index contributed by atoms with van der Waals surface area (Å²) in [6.07, 6.45) is 0. The third-order valence-electron chi connectivity index (χ3n) is 4.40. The minimum absolute atomic E-state index is 0.00824. The molecule has 0 spiro atoms. The summed E-state index contributed by atoms with van der Waals surface area (Å²) in [6.45, 7) is 3.05. The van der Waals surface area contributed by atoms with Crippen molar-refractivity contribution in [3.05, 3.63) is 54.1 Å². The van der Waals surface area contributed by atoms with Gasteiger partial charge in [0.1, 0.15) is 0 Å².